The van der Waals surface area contributed by atoms with Crippen molar-refractivity contribution in [3.8, 4) is 5.69 Å². The maximum atomic E-state index is 12.0. The number of nitrogens with zero attached hydrogens (tertiary/aromatic N) is 3. The molecule has 0 saturated heterocycles. The Hall–Kier alpha value is -3.37. The number of likely N-dealkylation sites (N-methyl/N-ethyl adjacent to an activating group) is 1. The fourth-order valence-electron chi connectivity index (χ4n) is 3.53. The second-order valence-electron chi connectivity index (χ2n) is 6.87. The molecule has 1 unspecified atom stereocenters. The zero-order valence-corrected chi connectivity index (χ0v) is 15.8. The Labute approximate surface area is 165 Å². The summed E-state index contributed by atoms with van der Waals surface area (Å²) in [5.41, 5.74) is 1.52. The summed E-state index contributed by atoms with van der Waals surface area (Å²) >= 11 is 0. The van der Waals surface area contributed by atoms with Gasteiger partial charge in [-0.1, -0.05) is 66.7 Å². The highest BCUT2D eigenvalue weighted by Gasteiger charge is 2.37. The zero-order valence-electron chi connectivity index (χ0n) is 15.8. The van der Waals surface area contributed by atoms with E-state index < -0.39 is 5.60 Å². The Morgan fingerprint density at radius 3 is 2.07 bits per heavy atom. The van der Waals surface area contributed by atoms with Crippen molar-refractivity contribution in [1.29, 1.82) is 0 Å². The second kappa shape index (κ2) is 7.71. The van der Waals surface area contributed by atoms with E-state index in [9.17, 15) is 5.11 Å². The van der Waals surface area contributed by atoms with Crippen molar-refractivity contribution in [2.45, 2.75) is 5.60 Å². The van der Waals surface area contributed by atoms with E-state index in [0.717, 1.165) is 16.9 Å². The Bertz CT molecular complexity index is 1020. The van der Waals surface area contributed by atoms with E-state index in [1.807, 2.05) is 109 Å². The van der Waals surface area contributed by atoms with Gasteiger partial charge in [0, 0.05) is 30.8 Å². The molecule has 1 aromatic heterocycles. The third-order valence-electron chi connectivity index (χ3n) is 4.96. The van der Waals surface area contributed by atoms with Crippen LogP contribution in [0.3, 0.4) is 0 Å². The smallest absolute Gasteiger partial charge is 0.165 e. The van der Waals surface area contributed by atoms with Crippen LogP contribution in [-0.4, -0.2) is 28.3 Å². The van der Waals surface area contributed by atoms with Crippen LogP contribution in [0.25, 0.3) is 5.69 Å². The molecule has 4 heteroatoms. The fourth-order valence-corrected chi connectivity index (χ4v) is 3.53. The number of benzene rings is 3. The van der Waals surface area contributed by atoms with Crippen LogP contribution in [0.2, 0.25) is 0 Å². The zero-order chi connectivity index (χ0) is 19.4. The lowest BCUT2D eigenvalue weighted by Gasteiger charge is -2.34. The van der Waals surface area contributed by atoms with Gasteiger partial charge in [-0.25, -0.2) is 4.98 Å². The minimum absolute atomic E-state index is 0.366. The van der Waals surface area contributed by atoms with E-state index in [1.54, 1.807) is 6.20 Å². The number of aliphatic hydroxyl groups is 1. The van der Waals surface area contributed by atoms with Crippen LogP contribution in [0.5, 0.6) is 0 Å². The number of anilines is 1. The molecule has 0 aliphatic heterocycles. The van der Waals surface area contributed by atoms with Crippen LogP contribution in [-0.2, 0) is 5.60 Å². The first-order chi connectivity index (χ1) is 13.7. The Morgan fingerprint density at radius 2 is 1.43 bits per heavy atom. The van der Waals surface area contributed by atoms with E-state index in [2.05, 4.69) is 9.88 Å². The van der Waals surface area contributed by atoms with E-state index >= 15 is 0 Å². The molecular formula is C24H23N3O. The molecule has 28 heavy (non-hydrogen) atoms. The number of imidazole rings is 1. The van der Waals surface area contributed by atoms with Gasteiger partial charge in [0.25, 0.3) is 0 Å². The fraction of sp³-hybridized carbons (Fsp3) is 0.125. The predicted molar refractivity (Wildman–Crippen MR) is 113 cm³/mol. The summed E-state index contributed by atoms with van der Waals surface area (Å²) in [4.78, 5) is 6.63. The lowest BCUT2D eigenvalue weighted by Crippen LogP contribution is -2.42. The van der Waals surface area contributed by atoms with Crippen LogP contribution in [0.4, 0.5) is 5.69 Å². The minimum Gasteiger partial charge on any atom is -0.375 e. The summed E-state index contributed by atoms with van der Waals surface area (Å²) in [6.45, 7) is 0.366. The molecule has 1 N–H and O–H groups in total. The molecule has 0 aliphatic rings. The molecule has 1 heterocycles. The molecule has 0 saturated carbocycles. The summed E-state index contributed by atoms with van der Waals surface area (Å²) in [5.74, 6) is 0.590. The maximum Gasteiger partial charge on any atom is 0.165 e. The molecule has 0 aliphatic carbocycles. The van der Waals surface area contributed by atoms with Crippen LogP contribution < -0.4 is 4.90 Å². The number of hydrogen-bond donors (Lipinski definition) is 1. The molecule has 0 radical (unpaired) electrons. The Kier molecular flexibility index (Phi) is 4.96. The normalized spacial score (nSPS) is 13.1. The molecule has 0 amide bonds. The van der Waals surface area contributed by atoms with Crippen LogP contribution in [0.15, 0.2) is 103 Å². The highest BCUT2D eigenvalue weighted by atomic mass is 16.3. The van der Waals surface area contributed by atoms with Crippen molar-refractivity contribution in [3.63, 3.8) is 0 Å². The highest BCUT2D eigenvalue weighted by Crippen LogP contribution is 2.32. The first-order valence-corrected chi connectivity index (χ1v) is 9.32. The molecule has 4 aromatic rings. The van der Waals surface area contributed by atoms with Crippen molar-refractivity contribution < 1.29 is 5.11 Å². The second-order valence-corrected chi connectivity index (χ2v) is 6.87. The Morgan fingerprint density at radius 1 is 0.857 bits per heavy atom. The van der Waals surface area contributed by atoms with Crippen molar-refractivity contribution >= 4 is 5.69 Å². The molecule has 4 rings (SSSR count). The van der Waals surface area contributed by atoms with Gasteiger partial charge >= 0.3 is 0 Å². The summed E-state index contributed by atoms with van der Waals surface area (Å²) < 4.78 is 1.95. The number of para-hydroxylation sites is 2. The predicted octanol–water partition coefficient (Wildman–Crippen LogP) is 4.24. The van der Waals surface area contributed by atoms with Crippen molar-refractivity contribution in [3.05, 3.63) is 115 Å². The summed E-state index contributed by atoms with van der Waals surface area (Å²) in [6, 6.07) is 29.8. The molecule has 0 bridgehead atoms. The Balaban J connectivity index is 1.81. The summed E-state index contributed by atoms with van der Waals surface area (Å²) in [6.07, 6.45) is 3.62. The molecule has 0 fully saturated rings. The third-order valence-corrected chi connectivity index (χ3v) is 4.96. The first kappa shape index (κ1) is 18.0. The largest absolute Gasteiger partial charge is 0.375 e. The quantitative estimate of drug-likeness (QED) is 0.553. The van der Waals surface area contributed by atoms with Crippen LogP contribution >= 0.6 is 0 Å². The monoisotopic (exact) mass is 369 g/mol. The van der Waals surface area contributed by atoms with Gasteiger partial charge < -0.3 is 14.6 Å². The van der Waals surface area contributed by atoms with Gasteiger partial charge in [-0.05, 0) is 29.8 Å². The average Bonchev–Trinajstić information content (AvgIpc) is 3.26. The lowest BCUT2D eigenvalue weighted by molar-refractivity contribution is 0.0777. The van der Waals surface area contributed by atoms with Gasteiger partial charge in [0.15, 0.2) is 11.4 Å². The molecular weight excluding hydrogens is 346 g/mol. The van der Waals surface area contributed by atoms with Crippen LogP contribution in [0, 0.1) is 0 Å². The highest BCUT2D eigenvalue weighted by molar-refractivity contribution is 5.47. The summed E-state index contributed by atoms with van der Waals surface area (Å²) in [7, 11) is 1.99. The average molecular weight is 369 g/mol. The van der Waals surface area contributed by atoms with Crippen molar-refractivity contribution in [2.75, 3.05) is 18.5 Å². The van der Waals surface area contributed by atoms with Gasteiger partial charge in [0.1, 0.15) is 0 Å². The van der Waals surface area contributed by atoms with E-state index in [0.29, 0.717) is 12.4 Å². The minimum atomic E-state index is -1.29. The topological polar surface area (TPSA) is 41.3 Å². The van der Waals surface area contributed by atoms with Gasteiger partial charge in [0.2, 0.25) is 0 Å². The maximum absolute atomic E-state index is 12.0. The van der Waals surface area contributed by atoms with Gasteiger partial charge in [-0.3, -0.25) is 0 Å². The third kappa shape index (κ3) is 3.42. The molecule has 4 nitrogen and oxygen atoms in total. The van der Waals surface area contributed by atoms with Gasteiger partial charge in [0.05, 0.1) is 6.54 Å². The summed E-state index contributed by atoms with van der Waals surface area (Å²) in [5, 5.41) is 12.0. The number of rotatable bonds is 6. The standard InChI is InChI=1S/C24H23N3O/c1-26(21-13-7-3-8-14-21)19-24(28,20-11-5-2-6-12-20)23-25-17-18-27(23)22-15-9-4-10-16-22/h2-18,28H,19H2,1H3. The first-order valence-electron chi connectivity index (χ1n) is 9.32. The molecule has 1 atom stereocenters. The van der Waals surface area contributed by atoms with E-state index in [-0.39, 0.29) is 0 Å². The van der Waals surface area contributed by atoms with E-state index in [4.69, 9.17) is 0 Å². The molecule has 140 valence electrons. The van der Waals surface area contributed by atoms with Crippen LogP contribution in [0.1, 0.15) is 11.4 Å². The van der Waals surface area contributed by atoms with Crippen molar-refractivity contribution in [1.82, 2.24) is 9.55 Å². The molecule has 0 spiro atoms. The molecule has 3 aromatic carbocycles. The van der Waals surface area contributed by atoms with Gasteiger partial charge in [-0.2, -0.15) is 0 Å². The van der Waals surface area contributed by atoms with Gasteiger partial charge in [-0.15, -0.1) is 0 Å². The van der Waals surface area contributed by atoms with Crippen molar-refractivity contribution in [2.24, 2.45) is 0 Å². The van der Waals surface area contributed by atoms with E-state index in [1.165, 1.54) is 0 Å². The number of hydrogen-bond acceptors (Lipinski definition) is 3. The number of aromatic nitrogens is 2. The SMILES string of the molecule is CN(CC(O)(c1ccccc1)c1nccn1-c1ccccc1)c1ccccc1. The lowest BCUT2D eigenvalue weighted by atomic mass is 9.91.